The summed E-state index contributed by atoms with van der Waals surface area (Å²) in [6.07, 6.45) is 0. The number of aromatic nitrogens is 2. The van der Waals surface area contributed by atoms with Gasteiger partial charge >= 0.3 is 0 Å². The number of hydrogen-bond donors (Lipinski definition) is 2. The number of carbonyl (C=O) groups excluding carboxylic acids is 1. The van der Waals surface area contributed by atoms with Crippen LogP contribution in [0.25, 0.3) is 11.0 Å². The van der Waals surface area contributed by atoms with E-state index in [9.17, 15) is 4.79 Å². The molecule has 14 heavy (non-hydrogen) atoms. The summed E-state index contributed by atoms with van der Waals surface area (Å²) in [4.78, 5) is 15.5. The molecular weight excluding hydrogens is 180 g/mol. The first kappa shape index (κ1) is 7.37. The number of para-hydroxylation sites is 2. The molecule has 2 N–H and O–H groups in total. The van der Waals surface area contributed by atoms with Gasteiger partial charge < -0.3 is 5.32 Å². The summed E-state index contributed by atoms with van der Waals surface area (Å²) >= 11 is 0. The fraction of sp³-hybridized carbons (Fsp3) is 0.111. The van der Waals surface area contributed by atoms with Crippen molar-refractivity contribution in [1.29, 1.82) is 0 Å². The molecule has 3 rings (SSSR count). The van der Waals surface area contributed by atoms with Crippen LogP contribution in [-0.2, 0) is 4.79 Å². The largest absolute Gasteiger partial charge is 0.345 e. The Hall–Kier alpha value is -2.04. The number of amides is 1. The highest BCUT2D eigenvalue weighted by Crippen LogP contribution is 2.18. The highest BCUT2D eigenvalue weighted by molar-refractivity contribution is 5.93. The molecule has 1 aliphatic rings. The molecule has 1 aromatic heterocycles. The predicted octanol–water partition coefficient (Wildman–Crippen LogP) is 0.532. The lowest BCUT2D eigenvalue weighted by Gasteiger charge is -2.16. The average Bonchev–Trinajstić information content (AvgIpc) is 2.56. The molecule has 5 heteroatoms. The van der Waals surface area contributed by atoms with Gasteiger partial charge in [0.25, 0.3) is 5.91 Å². The van der Waals surface area contributed by atoms with Crippen LogP contribution in [0.2, 0.25) is 0 Å². The standard InChI is InChI=1S/C9H8N4O/c14-8-5-10-9-11-6-3-1-2-4-7(6)13(9)12-8/h1-4H,5H2,(H,10,11)(H,12,14). The minimum Gasteiger partial charge on any atom is -0.345 e. The molecule has 0 saturated carbocycles. The Kier molecular flexibility index (Phi) is 1.30. The number of nitrogens with one attached hydrogen (secondary N) is 2. The predicted molar refractivity (Wildman–Crippen MR) is 52.6 cm³/mol. The second-order valence-corrected chi connectivity index (χ2v) is 3.15. The van der Waals surface area contributed by atoms with E-state index in [0.717, 1.165) is 11.0 Å². The van der Waals surface area contributed by atoms with E-state index in [4.69, 9.17) is 0 Å². The lowest BCUT2D eigenvalue weighted by atomic mass is 10.3. The average molecular weight is 188 g/mol. The third-order valence-corrected chi connectivity index (χ3v) is 2.20. The molecule has 0 fully saturated rings. The van der Waals surface area contributed by atoms with E-state index in [1.807, 2.05) is 24.3 Å². The van der Waals surface area contributed by atoms with E-state index >= 15 is 0 Å². The molecule has 0 saturated heterocycles. The highest BCUT2D eigenvalue weighted by atomic mass is 16.2. The van der Waals surface area contributed by atoms with Crippen molar-refractivity contribution in [2.45, 2.75) is 0 Å². The van der Waals surface area contributed by atoms with Gasteiger partial charge in [0.1, 0.15) is 0 Å². The third kappa shape index (κ3) is 0.891. The van der Waals surface area contributed by atoms with Crippen molar-refractivity contribution in [3.05, 3.63) is 24.3 Å². The van der Waals surface area contributed by atoms with E-state index in [2.05, 4.69) is 15.7 Å². The number of anilines is 1. The fourth-order valence-electron chi connectivity index (χ4n) is 1.58. The summed E-state index contributed by atoms with van der Waals surface area (Å²) < 4.78 is 1.67. The van der Waals surface area contributed by atoms with Crippen molar-refractivity contribution in [1.82, 2.24) is 9.66 Å². The molecule has 0 radical (unpaired) electrons. The van der Waals surface area contributed by atoms with Gasteiger partial charge in [-0.05, 0) is 12.1 Å². The molecule has 1 amide bonds. The molecule has 0 atom stereocenters. The van der Waals surface area contributed by atoms with E-state index in [1.165, 1.54) is 0 Å². The molecule has 5 nitrogen and oxygen atoms in total. The number of fused-ring (bicyclic) bond motifs is 3. The maximum atomic E-state index is 11.1. The Labute approximate surface area is 79.7 Å². The minimum absolute atomic E-state index is 0.0550. The molecule has 70 valence electrons. The smallest absolute Gasteiger partial charge is 0.258 e. The second-order valence-electron chi connectivity index (χ2n) is 3.15. The Balaban J connectivity index is 2.30. The summed E-state index contributed by atoms with van der Waals surface area (Å²) in [7, 11) is 0. The minimum atomic E-state index is -0.0550. The summed E-state index contributed by atoms with van der Waals surface area (Å²) in [5.41, 5.74) is 4.51. The van der Waals surface area contributed by atoms with Crippen LogP contribution in [0, 0.1) is 0 Å². The van der Waals surface area contributed by atoms with Gasteiger partial charge in [0, 0.05) is 0 Å². The van der Waals surface area contributed by atoms with Gasteiger partial charge in [-0.3, -0.25) is 10.2 Å². The van der Waals surface area contributed by atoms with E-state index < -0.39 is 0 Å². The molecule has 0 spiro atoms. The first-order valence-electron chi connectivity index (χ1n) is 4.36. The molecular formula is C9H8N4O. The zero-order valence-corrected chi connectivity index (χ0v) is 7.32. The molecule has 1 aromatic carbocycles. The molecule has 2 aromatic rings. The van der Waals surface area contributed by atoms with E-state index in [1.54, 1.807) is 4.68 Å². The quantitative estimate of drug-likeness (QED) is 0.634. The maximum Gasteiger partial charge on any atom is 0.258 e. The summed E-state index contributed by atoms with van der Waals surface area (Å²) in [6, 6.07) is 7.66. The molecule has 2 heterocycles. The topological polar surface area (TPSA) is 59.0 Å². The maximum absolute atomic E-state index is 11.1. The van der Waals surface area contributed by atoms with Crippen LogP contribution < -0.4 is 10.7 Å². The summed E-state index contributed by atoms with van der Waals surface area (Å²) in [5.74, 6) is 0.631. The summed E-state index contributed by atoms with van der Waals surface area (Å²) in [5, 5.41) is 2.94. The third-order valence-electron chi connectivity index (χ3n) is 2.20. The lowest BCUT2D eigenvalue weighted by molar-refractivity contribution is -0.115. The van der Waals surface area contributed by atoms with Gasteiger partial charge in [-0.1, -0.05) is 12.1 Å². The van der Waals surface area contributed by atoms with Crippen molar-refractivity contribution >= 4 is 22.9 Å². The first-order chi connectivity index (χ1) is 6.84. The molecule has 1 aliphatic heterocycles. The van der Waals surface area contributed by atoms with Crippen molar-refractivity contribution in [3.63, 3.8) is 0 Å². The number of nitrogens with zero attached hydrogens (tertiary/aromatic N) is 2. The van der Waals surface area contributed by atoms with Gasteiger partial charge in [0.15, 0.2) is 0 Å². The van der Waals surface area contributed by atoms with Crippen molar-refractivity contribution in [2.75, 3.05) is 17.3 Å². The molecule has 0 bridgehead atoms. The van der Waals surface area contributed by atoms with Crippen molar-refractivity contribution < 1.29 is 4.79 Å². The van der Waals surface area contributed by atoms with E-state index in [-0.39, 0.29) is 12.5 Å². The zero-order valence-electron chi connectivity index (χ0n) is 7.32. The number of carbonyl (C=O) groups is 1. The van der Waals surface area contributed by atoms with Crippen LogP contribution in [0.4, 0.5) is 5.95 Å². The fourth-order valence-corrected chi connectivity index (χ4v) is 1.58. The molecule has 0 unspecified atom stereocenters. The number of imidazole rings is 1. The first-order valence-corrected chi connectivity index (χ1v) is 4.36. The Morgan fingerprint density at radius 1 is 1.36 bits per heavy atom. The van der Waals surface area contributed by atoms with Gasteiger partial charge in [-0.15, -0.1) is 0 Å². The highest BCUT2D eigenvalue weighted by Gasteiger charge is 2.17. The molecule has 0 aliphatic carbocycles. The van der Waals surface area contributed by atoms with Crippen LogP contribution in [0.1, 0.15) is 0 Å². The normalized spacial score (nSPS) is 14.7. The lowest BCUT2D eigenvalue weighted by Crippen LogP contribution is -2.35. The van der Waals surface area contributed by atoms with Gasteiger partial charge in [-0.25, -0.2) is 9.66 Å². The van der Waals surface area contributed by atoms with Crippen LogP contribution in [0.5, 0.6) is 0 Å². The van der Waals surface area contributed by atoms with Crippen molar-refractivity contribution in [3.8, 4) is 0 Å². The van der Waals surface area contributed by atoms with Crippen LogP contribution in [0.3, 0.4) is 0 Å². The summed E-state index contributed by atoms with van der Waals surface area (Å²) in [6.45, 7) is 0.281. The van der Waals surface area contributed by atoms with Gasteiger partial charge in [-0.2, -0.15) is 0 Å². The second kappa shape index (κ2) is 2.47. The van der Waals surface area contributed by atoms with Gasteiger partial charge in [0.2, 0.25) is 5.95 Å². The zero-order chi connectivity index (χ0) is 9.54. The van der Waals surface area contributed by atoms with Crippen LogP contribution in [0.15, 0.2) is 24.3 Å². The van der Waals surface area contributed by atoms with Crippen molar-refractivity contribution in [2.24, 2.45) is 0 Å². The van der Waals surface area contributed by atoms with Crippen LogP contribution >= 0.6 is 0 Å². The van der Waals surface area contributed by atoms with Crippen LogP contribution in [-0.4, -0.2) is 22.1 Å². The monoisotopic (exact) mass is 188 g/mol. The Morgan fingerprint density at radius 3 is 3.14 bits per heavy atom. The number of rotatable bonds is 0. The van der Waals surface area contributed by atoms with E-state index in [0.29, 0.717) is 5.95 Å². The van der Waals surface area contributed by atoms with Gasteiger partial charge in [0.05, 0.1) is 17.6 Å². The Bertz CT molecular complexity index is 517. The number of benzene rings is 1. The Morgan fingerprint density at radius 2 is 2.21 bits per heavy atom. The number of hydrogen-bond acceptors (Lipinski definition) is 3. The SMILES string of the molecule is O=C1CNc2nc3ccccc3n2N1.